The van der Waals surface area contributed by atoms with Crippen LogP contribution in [0.25, 0.3) is 0 Å². The largest absolute Gasteiger partial charge is 0.325 e. The van der Waals surface area contributed by atoms with Gasteiger partial charge in [0.05, 0.1) is 5.92 Å². The number of amides is 1. The number of halogens is 2. The van der Waals surface area contributed by atoms with Gasteiger partial charge in [0, 0.05) is 11.6 Å². The normalized spacial score (nSPS) is 22.1. The number of rotatable bonds is 4. The molecule has 0 unspecified atom stereocenters. The predicted molar refractivity (Wildman–Crippen MR) is 91.6 cm³/mol. The molecule has 2 atom stereocenters. The first-order chi connectivity index (χ1) is 10.6. The summed E-state index contributed by atoms with van der Waals surface area (Å²) in [6, 6.07) is 17.5. The number of anilines is 1. The number of carbonyl (C=O) groups is 1. The molecule has 0 saturated heterocycles. The molecule has 4 heteroatoms. The van der Waals surface area contributed by atoms with Crippen molar-refractivity contribution in [3.8, 4) is 0 Å². The lowest BCUT2D eigenvalue weighted by Crippen LogP contribution is -2.18. The molecule has 2 aromatic carbocycles. The third kappa shape index (κ3) is 2.73. The van der Waals surface area contributed by atoms with Crippen molar-refractivity contribution in [1.82, 2.24) is 0 Å². The summed E-state index contributed by atoms with van der Waals surface area (Å²) in [6.45, 7) is 2.06. The fourth-order valence-corrected chi connectivity index (χ4v) is 3.72. The summed E-state index contributed by atoms with van der Waals surface area (Å²) in [5.41, 5.74) is 2.93. The van der Waals surface area contributed by atoms with Gasteiger partial charge in [-0.25, -0.2) is 0 Å². The zero-order chi connectivity index (χ0) is 15.7. The van der Waals surface area contributed by atoms with Crippen molar-refractivity contribution in [1.29, 1.82) is 0 Å². The van der Waals surface area contributed by atoms with Crippen LogP contribution in [0.2, 0.25) is 0 Å². The number of nitrogens with one attached hydrogen (secondary N) is 1. The fourth-order valence-electron chi connectivity index (χ4n) is 2.89. The van der Waals surface area contributed by atoms with Crippen LogP contribution in [0.15, 0.2) is 54.6 Å². The van der Waals surface area contributed by atoms with Gasteiger partial charge in [0.25, 0.3) is 0 Å². The van der Waals surface area contributed by atoms with Crippen LogP contribution in [-0.2, 0) is 11.2 Å². The lowest BCUT2D eigenvalue weighted by Gasteiger charge is -2.09. The van der Waals surface area contributed by atoms with E-state index in [4.69, 9.17) is 23.2 Å². The van der Waals surface area contributed by atoms with E-state index in [1.165, 1.54) is 0 Å². The molecule has 0 spiro atoms. The molecule has 1 aliphatic carbocycles. The summed E-state index contributed by atoms with van der Waals surface area (Å²) in [5, 5.41) is 2.97. The van der Waals surface area contributed by atoms with Gasteiger partial charge in [0.15, 0.2) is 0 Å². The zero-order valence-electron chi connectivity index (χ0n) is 12.2. The Kier molecular flexibility index (Phi) is 4.16. The minimum absolute atomic E-state index is 0.125. The average Bonchev–Trinajstić information content (AvgIpc) is 3.11. The predicted octanol–water partition coefficient (Wildman–Crippen LogP) is 4.78. The summed E-state index contributed by atoms with van der Waals surface area (Å²) >= 11 is 12.7. The minimum Gasteiger partial charge on any atom is -0.325 e. The Morgan fingerprint density at radius 2 is 1.73 bits per heavy atom. The van der Waals surface area contributed by atoms with Gasteiger partial charge in [-0.2, -0.15) is 0 Å². The lowest BCUT2D eigenvalue weighted by atomic mass is 10.1. The Labute approximate surface area is 140 Å². The number of carbonyl (C=O) groups excluding carboxylic acids is 1. The van der Waals surface area contributed by atoms with Gasteiger partial charge in [0.1, 0.15) is 4.33 Å². The number of benzene rings is 2. The van der Waals surface area contributed by atoms with Gasteiger partial charge < -0.3 is 5.32 Å². The highest BCUT2D eigenvalue weighted by Gasteiger charge is 2.67. The van der Waals surface area contributed by atoms with E-state index in [1.54, 1.807) is 0 Å². The van der Waals surface area contributed by atoms with Crippen LogP contribution >= 0.6 is 23.2 Å². The Hall–Kier alpha value is -1.51. The molecule has 1 fully saturated rings. The first-order valence-corrected chi connectivity index (χ1v) is 8.12. The first kappa shape index (κ1) is 15.4. The van der Waals surface area contributed by atoms with Crippen LogP contribution in [0.4, 0.5) is 5.69 Å². The molecule has 3 rings (SSSR count). The van der Waals surface area contributed by atoms with E-state index in [9.17, 15) is 4.79 Å². The minimum atomic E-state index is -1.04. The van der Waals surface area contributed by atoms with E-state index < -0.39 is 10.3 Å². The third-order valence-electron chi connectivity index (χ3n) is 4.15. The molecular weight excluding hydrogens is 317 g/mol. The summed E-state index contributed by atoms with van der Waals surface area (Å²) in [7, 11) is 0. The monoisotopic (exact) mass is 333 g/mol. The Bertz CT molecular complexity index is 684. The van der Waals surface area contributed by atoms with E-state index in [-0.39, 0.29) is 11.8 Å². The standard InChI is InChI=1S/C18H17Cl2NO/c1-2-12-8-6-7-11-14(12)21-17(22)16-15(18(16,19)20)13-9-4-3-5-10-13/h3-11,15-16H,2H2,1H3,(H,21,22)/t15-,16+/m0/s1. The van der Waals surface area contributed by atoms with Crippen LogP contribution in [0.1, 0.15) is 24.0 Å². The molecular formula is C18H17Cl2NO. The Morgan fingerprint density at radius 1 is 1.09 bits per heavy atom. The van der Waals surface area contributed by atoms with Crippen molar-refractivity contribution >= 4 is 34.8 Å². The molecule has 1 saturated carbocycles. The summed E-state index contributed by atoms with van der Waals surface area (Å²) in [4.78, 5) is 12.6. The summed E-state index contributed by atoms with van der Waals surface area (Å²) in [6.07, 6.45) is 0.857. The molecule has 2 nitrogen and oxygen atoms in total. The molecule has 1 aliphatic rings. The molecule has 0 aliphatic heterocycles. The third-order valence-corrected chi connectivity index (χ3v) is 5.09. The SMILES string of the molecule is CCc1ccccc1NC(=O)[C@H]1[C@H](c2ccccc2)C1(Cl)Cl. The van der Waals surface area contributed by atoms with Crippen molar-refractivity contribution in [2.75, 3.05) is 5.32 Å². The number of hydrogen-bond donors (Lipinski definition) is 1. The van der Waals surface area contributed by atoms with E-state index in [1.807, 2.05) is 54.6 Å². The van der Waals surface area contributed by atoms with Crippen LogP contribution < -0.4 is 5.32 Å². The van der Waals surface area contributed by atoms with Crippen LogP contribution in [0, 0.1) is 5.92 Å². The fraction of sp³-hybridized carbons (Fsp3) is 0.278. The van der Waals surface area contributed by atoms with Crippen molar-refractivity contribution in [2.24, 2.45) is 5.92 Å². The van der Waals surface area contributed by atoms with Crippen molar-refractivity contribution in [3.05, 3.63) is 65.7 Å². The maximum Gasteiger partial charge on any atom is 0.231 e. The smallest absolute Gasteiger partial charge is 0.231 e. The van der Waals surface area contributed by atoms with Crippen molar-refractivity contribution < 1.29 is 4.79 Å². The number of alkyl halides is 2. The van der Waals surface area contributed by atoms with Crippen LogP contribution in [0.5, 0.6) is 0 Å². The first-order valence-electron chi connectivity index (χ1n) is 7.37. The average molecular weight is 334 g/mol. The quantitative estimate of drug-likeness (QED) is 0.802. The van der Waals surface area contributed by atoms with Crippen LogP contribution in [-0.4, -0.2) is 10.2 Å². The number of hydrogen-bond acceptors (Lipinski definition) is 1. The zero-order valence-corrected chi connectivity index (χ0v) is 13.7. The lowest BCUT2D eigenvalue weighted by molar-refractivity contribution is -0.117. The Balaban J connectivity index is 1.79. The topological polar surface area (TPSA) is 29.1 Å². The molecule has 0 aromatic heterocycles. The molecule has 1 N–H and O–H groups in total. The molecule has 114 valence electrons. The Morgan fingerprint density at radius 3 is 2.41 bits per heavy atom. The van der Waals surface area contributed by atoms with E-state index in [0.29, 0.717) is 0 Å². The maximum absolute atomic E-state index is 12.6. The second-order valence-corrected chi connectivity index (χ2v) is 6.98. The van der Waals surface area contributed by atoms with Crippen molar-refractivity contribution in [3.63, 3.8) is 0 Å². The number of aryl methyl sites for hydroxylation is 1. The molecule has 22 heavy (non-hydrogen) atoms. The second kappa shape index (κ2) is 5.94. The molecule has 0 heterocycles. The van der Waals surface area contributed by atoms with Crippen molar-refractivity contribution in [2.45, 2.75) is 23.6 Å². The molecule has 2 aromatic rings. The molecule has 0 radical (unpaired) electrons. The maximum atomic E-state index is 12.6. The van der Waals surface area contributed by atoms with Gasteiger partial charge in [-0.1, -0.05) is 55.5 Å². The highest BCUT2D eigenvalue weighted by atomic mass is 35.5. The highest BCUT2D eigenvalue weighted by Crippen LogP contribution is 2.65. The summed E-state index contributed by atoms with van der Waals surface area (Å²) < 4.78 is -1.04. The van der Waals surface area contributed by atoms with E-state index in [2.05, 4.69) is 12.2 Å². The van der Waals surface area contributed by atoms with Gasteiger partial charge in [-0.05, 0) is 23.6 Å². The second-order valence-electron chi connectivity index (χ2n) is 5.54. The molecule has 1 amide bonds. The summed E-state index contributed by atoms with van der Waals surface area (Å²) in [5.74, 6) is -0.714. The van der Waals surface area contributed by atoms with Gasteiger partial charge in [-0.3, -0.25) is 4.79 Å². The van der Waals surface area contributed by atoms with Gasteiger partial charge in [0.2, 0.25) is 5.91 Å². The van der Waals surface area contributed by atoms with Gasteiger partial charge in [-0.15, -0.1) is 23.2 Å². The number of para-hydroxylation sites is 1. The van der Waals surface area contributed by atoms with Crippen LogP contribution in [0.3, 0.4) is 0 Å². The molecule has 0 bridgehead atoms. The highest BCUT2D eigenvalue weighted by molar-refractivity contribution is 6.53. The van der Waals surface area contributed by atoms with Gasteiger partial charge >= 0.3 is 0 Å². The van der Waals surface area contributed by atoms with E-state index in [0.717, 1.165) is 23.2 Å². The van der Waals surface area contributed by atoms with E-state index >= 15 is 0 Å².